The topological polar surface area (TPSA) is 66.5 Å². The average molecular weight is 461 g/mol. The monoisotopic (exact) mass is 460 g/mol. The van der Waals surface area contributed by atoms with E-state index in [9.17, 15) is 13.2 Å². The lowest BCUT2D eigenvalue weighted by molar-refractivity contribution is -0.121. The molecule has 0 spiro atoms. The zero-order valence-electron chi connectivity index (χ0n) is 15.6. The number of rotatable bonds is 6. The molecule has 0 aliphatic carbocycles. The van der Waals surface area contributed by atoms with Gasteiger partial charge in [-0.25, -0.2) is 8.42 Å². The smallest absolute Gasteiger partial charge is 0.243 e. The fourth-order valence-corrected chi connectivity index (χ4v) is 4.52. The van der Waals surface area contributed by atoms with Crippen molar-refractivity contribution < 1.29 is 13.2 Å². The predicted molar refractivity (Wildman–Crippen MR) is 114 cm³/mol. The molecule has 3 rings (SSSR count). The van der Waals surface area contributed by atoms with Crippen molar-refractivity contribution in [3.63, 3.8) is 0 Å². The molecule has 0 fully saturated rings. The lowest BCUT2D eigenvalue weighted by Crippen LogP contribution is -2.39. The first-order chi connectivity index (χ1) is 13.3. The van der Waals surface area contributed by atoms with E-state index in [1.165, 1.54) is 7.05 Å². The van der Waals surface area contributed by atoms with E-state index in [-0.39, 0.29) is 23.4 Å². The van der Waals surface area contributed by atoms with E-state index in [1.54, 1.807) is 18.2 Å². The molecule has 0 radical (unpaired) electrons. The number of halogens is 1. The van der Waals surface area contributed by atoms with Crippen LogP contribution in [0.1, 0.15) is 18.5 Å². The molecule has 0 aliphatic heterocycles. The third kappa shape index (κ3) is 4.60. The molecular weight excluding hydrogens is 440 g/mol. The second-order valence-corrected chi connectivity index (χ2v) is 9.57. The number of carbonyl (C=O) groups excluding carboxylic acids is 1. The Hall–Kier alpha value is -2.22. The van der Waals surface area contributed by atoms with E-state index >= 15 is 0 Å². The van der Waals surface area contributed by atoms with Crippen LogP contribution < -0.4 is 5.32 Å². The van der Waals surface area contributed by atoms with Gasteiger partial charge in [0.25, 0.3) is 0 Å². The largest absolute Gasteiger partial charge is 0.348 e. The fraction of sp³-hybridized carbons (Fsp3) is 0.190. The molecular formula is C21H21BrN2O3S. The number of carbonyl (C=O) groups is 1. The summed E-state index contributed by atoms with van der Waals surface area (Å²) in [5, 5.41) is 4.64. The molecule has 1 atom stereocenters. The standard InChI is InChI=1S/C21H21BrN2O3S/c1-15(17-8-5-9-19(22)12-17)23-21(25)14-24(2)28(26,27)20-11-10-16-6-3-4-7-18(16)13-20/h3-13,15H,14H2,1-2H3,(H,23,25). The SMILES string of the molecule is CC(NC(=O)CN(C)S(=O)(=O)c1ccc2ccccc2c1)c1cccc(Br)c1. The van der Waals surface area contributed by atoms with Crippen LogP contribution in [0.2, 0.25) is 0 Å². The number of likely N-dealkylation sites (N-methyl/N-ethyl adjacent to an activating group) is 1. The second-order valence-electron chi connectivity index (χ2n) is 6.61. The van der Waals surface area contributed by atoms with Gasteiger partial charge in [-0.2, -0.15) is 4.31 Å². The third-order valence-corrected chi connectivity index (χ3v) is 6.81. The zero-order valence-corrected chi connectivity index (χ0v) is 18.0. The molecule has 0 aliphatic rings. The second kappa shape index (κ2) is 8.43. The molecule has 1 unspecified atom stereocenters. The molecule has 0 saturated heterocycles. The van der Waals surface area contributed by atoms with Crippen molar-refractivity contribution in [3.05, 3.63) is 76.8 Å². The van der Waals surface area contributed by atoms with Crippen molar-refractivity contribution in [2.45, 2.75) is 17.9 Å². The van der Waals surface area contributed by atoms with Gasteiger partial charge in [-0.1, -0.05) is 58.4 Å². The first kappa shape index (κ1) is 20.5. The van der Waals surface area contributed by atoms with E-state index in [0.717, 1.165) is 25.1 Å². The quantitative estimate of drug-likeness (QED) is 0.601. The number of sulfonamides is 1. The molecule has 1 N–H and O–H groups in total. The number of nitrogens with one attached hydrogen (secondary N) is 1. The minimum atomic E-state index is -3.77. The molecule has 5 nitrogen and oxygen atoms in total. The van der Waals surface area contributed by atoms with Crippen molar-refractivity contribution in [3.8, 4) is 0 Å². The molecule has 0 saturated carbocycles. The molecule has 0 aromatic heterocycles. The lowest BCUT2D eigenvalue weighted by atomic mass is 10.1. The first-order valence-electron chi connectivity index (χ1n) is 8.77. The molecule has 3 aromatic rings. The van der Waals surface area contributed by atoms with Gasteiger partial charge in [0.1, 0.15) is 0 Å². The summed E-state index contributed by atoms with van der Waals surface area (Å²) < 4.78 is 27.7. The summed E-state index contributed by atoms with van der Waals surface area (Å²) in [5.41, 5.74) is 0.933. The van der Waals surface area contributed by atoms with Gasteiger partial charge < -0.3 is 5.32 Å². The maximum absolute atomic E-state index is 12.9. The Labute approximate surface area is 173 Å². The maximum atomic E-state index is 12.9. The van der Waals surface area contributed by atoms with Crippen molar-refractivity contribution in [1.29, 1.82) is 0 Å². The van der Waals surface area contributed by atoms with Crippen molar-refractivity contribution >= 4 is 42.6 Å². The zero-order chi connectivity index (χ0) is 20.3. The summed E-state index contributed by atoms with van der Waals surface area (Å²) in [7, 11) is -2.36. The Morgan fingerprint density at radius 1 is 1.04 bits per heavy atom. The highest BCUT2D eigenvalue weighted by Crippen LogP contribution is 2.21. The van der Waals surface area contributed by atoms with E-state index < -0.39 is 10.0 Å². The summed E-state index contributed by atoms with van der Waals surface area (Å²) in [6.45, 7) is 1.60. The number of amides is 1. The molecule has 146 valence electrons. The first-order valence-corrected chi connectivity index (χ1v) is 11.0. The van der Waals surface area contributed by atoms with E-state index in [0.29, 0.717) is 0 Å². The summed E-state index contributed by atoms with van der Waals surface area (Å²) in [6, 6.07) is 19.9. The van der Waals surface area contributed by atoms with Crippen molar-refractivity contribution in [2.75, 3.05) is 13.6 Å². The highest BCUT2D eigenvalue weighted by atomic mass is 79.9. The number of nitrogens with zero attached hydrogens (tertiary/aromatic N) is 1. The molecule has 7 heteroatoms. The number of hydrogen-bond acceptors (Lipinski definition) is 3. The molecule has 1 amide bonds. The van der Waals surface area contributed by atoms with Crippen molar-refractivity contribution in [1.82, 2.24) is 9.62 Å². The highest BCUT2D eigenvalue weighted by Gasteiger charge is 2.24. The molecule has 28 heavy (non-hydrogen) atoms. The van der Waals surface area contributed by atoms with Gasteiger partial charge in [0.05, 0.1) is 17.5 Å². The van der Waals surface area contributed by atoms with Crippen LogP contribution in [-0.2, 0) is 14.8 Å². The minimum Gasteiger partial charge on any atom is -0.348 e. The minimum absolute atomic E-state index is 0.168. The van der Waals surface area contributed by atoms with Gasteiger partial charge in [0.15, 0.2) is 0 Å². The number of benzene rings is 3. The Balaban J connectivity index is 1.71. The van der Waals surface area contributed by atoms with E-state index in [4.69, 9.17) is 0 Å². The highest BCUT2D eigenvalue weighted by molar-refractivity contribution is 9.10. The fourth-order valence-electron chi connectivity index (χ4n) is 2.94. The van der Waals surface area contributed by atoms with Crippen LogP contribution in [0.4, 0.5) is 0 Å². The Morgan fingerprint density at radius 2 is 1.75 bits per heavy atom. The van der Waals surface area contributed by atoms with E-state index in [2.05, 4.69) is 21.2 Å². The maximum Gasteiger partial charge on any atom is 0.243 e. The Kier molecular flexibility index (Phi) is 6.17. The summed E-state index contributed by atoms with van der Waals surface area (Å²) >= 11 is 3.41. The van der Waals surface area contributed by atoms with Crippen LogP contribution in [0.15, 0.2) is 76.1 Å². The summed E-state index contributed by atoms with van der Waals surface area (Å²) in [4.78, 5) is 12.6. The molecule has 0 heterocycles. The normalized spacial score (nSPS) is 12.9. The summed E-state index contributed by atoms with van der Waals surface area (Å²) in [6.07, 6.45) is 0. The predicted octanol–water partition coefficient (Wildman–Crippen LogP) is 4.10. The Bertz CT molecular complexity index is 1120. The van der Waals surface area contributed by atoms with Gasteiger partial charge in [0.2, 0.25) is 15.9 Å². The van der Waals surface area contributed by atoms with Gasteiger partial charge in [-0.15, -0.1) is 0 Å². The van der Waals surface area contributed by atoms with Gasteiger partial charge in [-0.05, 0) is 47.5 Å². The van der Waals surface area contributed by atoms with Crippen LogP contribution >= 0.6 is 15.9 Å². The number of hydrogen-bond donors (Lipinski definition) is 1. The lowest BCUT2D eigenvalue weighted by Gasteiger charge is -2.20. The van der Waals surface area contributed by atoms with Crippen LogP contribution in [0, 0.1) is 0 Å². The average Bonchev–Trinajstić information content (AvgIpc) is 2.67. The number of fused-ring (bicyclic) bond motifs is 1. The van der Waals surface area contributed by atoms with Crippen molar-refractivity contribution in [2.24, 2.45) is 0 Å². The van der Waals surface area contributed by atoms with Crippen LogP contribution in [0.5, 0.6) is 0 Å². The Morgan fingerprint density at radius 3 is 2.46 bits per heavy atom. The van der Waals surface area contributed by atoms with E-state index in [1.807, 2.05) is 55.5 Å². The van der Waals surface area contributed by atoms with Gasteiger partial charge in [0, 0.05) is 11.5 Å². The van der Waals surface area contributed by atoms with Crippen LogP contribution in [0.25, 0.3) is 10.8 Å². The molecule has 0 bridgehead atoms. The van der Waals surface area contributed by atoms with Crippen LogP contribution in [-0.4, -0.2) is 32.2 Å². The van der Waals surface area contributed by atoms with Crippen LogP contribution in [0.3, 0.4) is 0 Å². The summed E-state index contributed by atoms with van der Waals surface area (Å²) in [5.74, 6) is -0.362. The van der Waals surface area contributed by atoms with Gasteiger partial charge >= 0.3 is 0 Å². The third-order valence-electron chi connectivity index (χ3n) is 4.52. The molecule has 3 aromatic carbocycles. The van der Waals surface area contributed by atoms with Gasteiger partial charge in [-0.3, -0.25) is 4.79 Å².